The zero-order chi connectivity index (χ0) is 26.2. The molecule has 2 atom stereocenters. The Morgan fingerprint density at radius 1 is 1.24 bits per heavy atom. The third-order valence-electron chi connectivity index (χ3n) is 6.85. The Labute approximate surface area is 222 Å². The van der Waals surface area contributed by atoms with Crippen LogP contribution in [0.3, 0.4) is 0 Å². The van der Waals surface area contributed by atoms with E-state index in [1.165, 1.54) is 11.3 Å². The van der Waals surface area contributed by atoms with E-state index in [9.17, 15) is 9.59 Å². The quantitative estimate of drug-likeness (QED) is 0.427. The van der Waals surface area contributed by atoms with Gasteiger partial charge in [0.1, 0.15) is 5.69 Å². The van der Waals surface area contributed by atoms with Crippen LogP contribution in [0.1, 0.15) is 46.2 Å². The van der Waals surface area contributed by atoms with E-state index >= 15 is 0 Å². The molecule has 0 radical (unpaired) electrons. The molecule has 37 heavy (non-hydrogen) atoms. The SMILES string of the molecule is CC[C@@H]1COCCN1Cc1ccc(NC(=O)c2csc(N3CC[C@H](OC)C3)n2)c(C(=O)NCCOC)c1. The van der Waals surface area contributed by atoms with E-state index in [4.69, 9.17) is 14.2 Å². The molecule has 1 aromatic heterocycles. The summed E-state index contributed by atoms with van der Waals surface area (Å²) in [5.74, 6) is -0.604. The Bertz CT molecular complexity index is 1060. The maximum absolute atomic E-state index is 13.1. The number of hydrogen-bond acceptors (Lipinski definition) is 9. The van der Waals surface area contributed by atoms with Crippen LogP contribution in [-0.2, 0) is 20.8 Å². The molecule has 0 aliphatic carbocycles. The minimum atomic E-state index is -0.345. The van der Waals surface area contributed by atoms with Crippen LogP contribution in [0.2, 0.25) is 0 Å². The summed E-state index contributed by atoms with van der Waals surface area (Å²) < 4.78 is 16.1. The fraction of sp³-hybridized carbons (Fsp3) is 0.577. The molecule has 2 aromatic rings. The minimum absolute atomic E-state index is 0.184. The van der Waals surface area contributed by atoms with Crippen molar-refractivity contribution in [3.8, 4) is 0 Å². The van der Waals surface area contributed by atoms with Crippen LogP contribution in [0.15, 0.2) is 23.6 Å². The molecule has 0 saturated carbocycles. The van der Waals surface area contributed by atoms with Crippen LogP contribution in [0, 0.1) is 0 Å². The van der Waals surface area contributed by atoms with Crippen LogP contribution in [0.25, 0.3) is 0 Å². The summed E-state index contributed by atoms with van der Waals surface area (Å²) >= 11 is 1.44. The number of hydrogen-bond donors (Lipinski definition) is 2. The van der Waals surface area contributed by atoms with E-state index in [-0.39, 0.29) is 17.9 Å². The number of thiazole rings is 1. The Balaban J connectivity index is 1.49. The highest BCUT2D eigenvalue weighted by atomic mass is 32.1. The summed E-state index contributed by atoms with van der Waals surface area (Å²) in [6.45, 7) is 7.53. The van der Waals surface area contributed by atoms with Crippen molar-refractivity contribution in [2.75, 3.05) is 70.4 Å². The highest BCUT2D eigenvalue weighted by Crippen LogP contribution is 2.27. The van der Waals surface area contributed by atoms with E-state index in [1.54, 1.807) is 25.7 Å². The summed E-state index contributed by atoms with van der Waals surface area (Å²) in [6, 6.07) is 5.98. The second-order valence-corrected chi connectivity index (χ2v) is 10.1. The lowest BCUT2D eigenvalue weighted by atomic mass is 10.1. The van der Waals surface area contributed by atoms with Crippen molar-refractivity contribution >= 4 is 34.0 Å². The molecule has 1 aromatic carbocycles. The van der Waals surface area contributed by atoms with E-state index in [0.717, 1.165) is 43.2 Å². The molecule has 2 saturated heterocycles. The Hall–Kier alpha value is -2.57. The largest absolute Gasteiger partial charge is 0.383 e. The Morgan fingerprint density at radius 3 is 2.86 bits per heavy atom. The first-order chi connectivity index (χ1) is 18.0. The van der Waals surface area contributed by atoms with Gasteiger partial charge in [-0.3, -0.25) is 14.5 Å². The third kappa shape index (κ3) is 7.05. The van der Waals surface area contributed by atoms with Gasteiger partial charge in [0, 0.05) is 58.4 Å². The van der Waals surface area contributed by atoms with Crippen molar-refractivity contribution in [2.45, 2.75) is 38.5 Å². The molecule has 0 spiro atoms. The summed E-state index contributed by atoms with van der Waals surface area (Å²) in [5, 5.41) is 8.33. The molecule has 2 aliphatic rings. The highest BCUT2D eigenvalue weighted by Gasteiger charge is 2.26. The van der Waals surface area contributed by atoms with Gasteiger partial charge in [-0.25, -0.2) is 4.98 Å². The van der Waals surface area contributed by atoms with E-state index in [0.29, 0.717) is 55.9 Å². The number of anilines is 2. The molecule has 0 bridgehead atoms. The van der Waals surface area contributed by atoms with Gasteiger partial charge in [-0.05, 0) is 30.5 Å². The number of nitrogens with zero attached hydrogens (tertiary/aromatic N) is 3. The standard InChI is InChI=1S/C26H37N5O5S/c1-4-19-16-36-12-10-30(19)14-18-5-6-22(21(13-18)24(32)27-8-11-34-2)28-25(33)23-17-37-26(29-23)31-9-7-20(15-31)35-3/h5-6,13,17,19-20H,4,7-12,14-16H2,1-3H3,(H,27,32)(H,28,33)/t19-,20+/m1/s1. The van der Waals surface area contributed by atoms with Gasteiger partial charge in [-0.2, -0.15) is 0 Å². The lowest BCUT2D eigenvalue weighted by Crippen LogP contribution is -2.44. The molecule has 2 aliphatic heterocycles. The van der Waals surface area contributed by atoms with Crippen LogP contribution in [0.4, 0.5) is 10.8 Å². The van der Waals surface area contributed by atoms with Gasteiger partial charge in [-0.15, -0.1) is 11.3 Å². The van der Waals surface area contributed by atoms with Crippen LogP contribution in [0.5, 0.6) is 0 Å². The van der Waals surface area contributed by atoms with Crippen LogP contribution in [-0.4, -0.2) is 94.1 Å². The van der Waals surface area contributed by atoms with Gasteiger partial charge in [0.05, 0.1) is 37.2 Å². The van der Waals surface area contributed by atoms with Gasteiger partial charge < -0.3 is 29.7 Å². The zero-order valence-electron chi connectivity index (χ0n) is 21.8. The molecule has 2 fully saturated rings. The van der Waals surface area contributed by atoms with Crippen molar-refractivity contribution in [1.82, 2.24) is 15.2 Å². The molecule has 4 rings (SSSR count). The Morgan fingerprint density at radius 2 is 2.11 bits per heavy atom. The van der Waals surface area contributed by atoms with Gasteiger partial charge >= 0.3 is 0 Å². The second kappa shape index (κ2) is 13.3. The number of carbonyl (C=O) groups is 2. The highest BCUT2D eigenvalue weighted by molar-refractivity contribution is 7.14. The summed E-state index contributed by atoms with van der Waals surface area (Å²) in [6.07, 6.45) is 2.12. The fourth-order valence-electron chi connectivity index (χ4n) is 4.65. The molecule has 11 heteroatoms. The topological polar surface area (TPSA) is 105 Å². The number of methoxy groups -OCH3 is 2. The van der Waals surface area contributed by atoms with Crippen LogP contribution >= 0.6 is 11.3 Å². The molecular formula is C26H37N5O5S. The fourth-order valence-corrected chi connectivity index (χ4v) is 5.49. The predicted octanol–water partition coefficient (Wildman–Crippen LogP) is 2.61. The normalized spacial score (nSPS) is 20.2. The molecule has 3 heterocycles. The average Bonchev–Trinajstić information content (AvgIpc) is 3.60. The summed E-state index contributed by atoms with van der Waals surface area (Å²) in [5.41, 5.74) is 2.21. The number of morpholine rings is 1. The molecule has 2 amide bonds. The molecule has 10 nitrogen and oxygen atoms in total. The van der Waals surface area contributed by atoms with Gasteiger partial charge in [0.25, 0.3) is 11.8 Å². The maximum Gasteiger partial charge on any atom is 0.275 e. The molecule has 0 unspecified atom stereocenters. The number of ether oxygens (including phenoxy) is 3. The van der Waals surface area contributed by atoms with Crippen molar-refractivity contribution < 1.29 is 23.8 Å². The zero-order valence-corrected chi connectivity index (χ0v) is 22.6. The summed E-state index contributed by atoms with van der Waals surface area (Å²) in [4.78, 5) is 35.2. The van der Waals surface area contributed by atoms with Gasteiger partial charge in [-0.1, -0.05) is 13.0 Å². The van der Waals surface area contributed by atoms with E-state index in [1.807, 2.05) is 12.1 Å². The number of carbonyl (C=O) groups excluding carboxylic acids is 2. The van der Waals surface area contributed by atoms with Gasteiger partial charge in [0.2, 0.25) is 0 Å². The Kier molecular flexibility index (Phi) is 9.87. The van der Waals surface area contributed by atoms with E-state index in [2.05, 4.69) is 32.3 Å². The first-order valence-electron chi connectivity index (χ1n) is 12.8. The number of rotatable bonds is 11. The van der Waals surface area contributed by atoms with E-state index < -0.39 is 0 Å². The number of benzene rings is 1. The van der Waals surface area contributed by atoms with Crippen molar-refractivity contribution in [3.05, 3.63) is 40.4 Å². The smallest absolute Gasteiger partial charge is 0.275 e. The average molecular weight is 532 g/mol. The molecular weight excluding hydrogens is 494 g/mol. The summed E-state index contributed by atoms with van der Waals surface area (Å²) in [7, 11) is 3.30. The number of amides is 2. The number of nitrogens with one attached hydrogen (secondary N) is 2. The molecule has 2 N–H and O–H groups in total. The maximum atomic E-state index is 13.1. The van der Waals surface area contributed by atoms with Crippen molar-refractivity contribution in [1.29, 1.82) is 0 Å². The lowest BCUT2D eigenvalue weighted by Gasteiger charge is -2.35. The van der Waals surface area contributed by atoms with Crippen molar-refractivity contribution in [3.63, 3.8) is 0 Å². The van der Waals surface area contributed by atoms with Crippen molar-refractivity contribution in [2.24, 2.45) is 0 Å². The van der Waals surface area contributed by atoms with Gasteiger partial charge in [0.15, 0.2) is 5.13 Å². The third-order valence-corrected chi connectivity index (χ3v) is 7.75. The monoisotopic (exact) mass is 531 g/mol. The first kappa shape index (κ1) is 27.5. The predicted molar refractivity (Wildman–Crippen MR) is 144 cm³/mol. The minimum Gasteiger partial charge on any atom is -0.383 e. The first-order valence-corrected chi connectivity index (χ1v) is 13.7. The lowest BCUT2D eigenvalue weighted by molar-refractivity contribution is -0.0127. The second-order valence-electron chi connectivity index (χ2n) is 9.30. The van der Waals surface area contributed by atoms with Crippen LogP contribution < -0.4 is 15.5 Å². The number of aromatic nitrogens is 1. The molecule has 202 valence electrons.